The molecule has 5 heteroatoms. The van der Waals surface area contributed by atoms with Gasteiger partial charge in [-0.3, -0.25) is 14.8 Å². The minimum absolute atomic E-state index is 0.0648. The summed E-state index contributed by atoms with van der Waals surface area (Å²) >= 11 is 3.51. The second-order valence-corrected chi connectivity index (χ2v) is 8.11. The van der Waals surface area contributed by atoms with Crippen LogP contribution in [0.4, 0.5) is 5.69 Å². The summed E-state index contributed by atoms with van der Waals surface area (Å²) in [5.41, 5.74) is 6.39. The van der Waals surface area contributed by atoms with Crippen LogP contribution in [0.15, 0.2) is 83.3 Å². The maximum atomic E-state index is 13.4. The smallest absolute Gasteiger partial charge is 0.277 e. The molecule has 0 saturated heterocycles. The first-order valence-corrected chi connectivity index (χ1v) is 10.2. The van der Waals surface area contributed by atoms with Crippen LogP contribution in [0.3, 0.4) is 0 Å². The van der Waals surface area contributed by atoms with E-state index in [4.69, 9.17) is 0 Å². The number of aromatic amines is 1. The van der Waals surface area contributed by atoms with Gasteiger partial charge >= 0.3 is 0 Å². The van der Waals surface area contributed by atoms with Crippen LogP contribution >= 0.6 is 15.9 Å². The Hall–Kier alpha value is -3.18. The van der Waals surface area contributed by atoms with E-state index in [1.54, 1.807) is 0 Å². The zero-order chi connectivity index (χ0) is 20.0. The highest BCUT2D eigenvalue weighted by molar-refractivity contribution is 9.10. The number of halogens is 1. The fourth-order valence-corrected chi connectivity index (χ4v) is 4.16. The van der Waals surface area contributed by atoms with Gasteiger partial charge in [0.05, 0.1) is 11.7 Å². The van der Waals surface area contributed by atoms with Crippen LogP contribution in [0.1, 0.15) is 33.2 Å². The van der Waals surface area contributed by atoms with Gasteiger partial charge in [-0.1, -0.05) is 76.1 Å². The van der Waals surface area contributed by atoms with Gasteiger partial charge in [0.15, 0.2) is 0 Å². The van der Waals surface area contributed by atoms with Crippen molar-refractivity contribution in [3.63, 3.8) is 0 Å². The molecular weight excluding hydrogens is 426 g/mol. The number of benzene rings is 3. The number of aromatic nitrogens is 2. The van der Waals surface area contributed by atoms with Crippen molar-refractivity contribution in [3.05, 3.63) is 106 Å². The van der Waals surface area contributed by atoms with E-state index in [1.807, 2.05) is 47.4 Å². The van der Waals surface area contributed by atoms with Crippen molar-refractivity contribution < 1.29 is 4.79 Å². The molecule has 2 heterocycles. The van der Waals surface area contributed by atoms with E-state index in [-0.39, 0.29) is 11.9 Å². The summed E-state index contributed by atoms with van der Waals surface area (Å²) in [6.07, 6.45) is 0. The average molecular weight is 444 g/mol. The Morgan fingerprint density at radius 3 is 2.31 bits per heavy atom. The van der Waals surface area contributed by atoms with E-state index in [0.717, 1.165) is 32.5 Å². The fourth-order valence-electron chi connectivity index (χ4n) is 3.89. The van der Waals surface area contributed by atoms with E-state index >= 15 is 0 Å². The Labute approximate surface area is 177 Å². The molecule has 29 heavy (non-hydrogen) atoms. The standard InChI is InChI=1S/C24H18BrN3O/c1-15-7-9-16(10-8-15)21-20-22(27-26-21)24(29)28(19-5-3-2-4-6-19)23(20)17-11-13-18(25)14-12-17/h2-14,23H,1H3,(H,26,27). The van der Waals surface area contributed by atoms with Crippen molar-refractivity contribution in [1.29, 1.82) is 0 Å². The third kappa shape index (κ3) is 2.98. The second-order valence-electron chi connectivity index (χ2n) is 7.19. The number of carbonyl (C=O) groups excluding carboxylic acids is 1. The molecule has 4 aromatic rings. The molecule has 4 nitrogen and oxygen atoms in total. The third-order valence-corrected chi connectivity index (χ3v) is 5.84. The molecule has 0 fully saturated rings. The number of anilines is 1. The SMILES string of the molecule is Cc1ccc(-c2n[nH]c3c2C(c2ccc(Br)cc2)N(c2ccccc2)C3=O)cc1. The molecule has 1 amide bonds. The van der Waals surface area contributed by atoms with Gasteiger partial charge in [0.1, 0.15) is 5.69 Å². The number of hydrogen-bond acceptors (Lipinski definition) is 2. The van der Waals surface area contributed by atoms with Gasteiger partial charge in [0.25, 0.3) is 5.91 Å². The van der Waals surface area contributed by atoms with Crippen molar-refractivity contribution >= 4 is 27.5 Å². The number of para-hydroxylation sites is 1. The summed E-state index contributed by atoms with van der Waals surface area (Å²) in [4.78, 5) is 15.2. The number of nitrogens with one attached hydrogen (secondary N) is 1. The maximum Gasteiger partial charge on any atom is 0.277 e. The molecule has 0 saturated carbocycles. The molecule has 5 rings (SSSR count). The number of aryl methyl sites for hydroxylation is 1. The lowest BCUT2D eigenvalue weighted by atomic mass is 9.95. The van der Waals surface area contributed by atoms with Gasteiger partial charge in [-0.25, -0.2) is 0 Å². The lowest BCUT2D eigenvalue weighted by Gasteiger charge is -2.26. The summed E-state index contributed by atoms with van der Waals surface area (Å²) in [6, 6.07) is 25.9. The van der Waals surface area contributed by atoms with Gasteiger partial charge in [-0.15, -0.1) is 0 Å². The number of carbonyl (C=O) groups is 1. The lowest BCUT2D eigenvalue weighted by molar-refractivity contribution is 0.0989. The maximum absolute atomic E-state index is 13.4. The second kappa shape index (κ2) is 7.01. The highest BCUT2D eigenvalue weighted by Gasteiger charge is 2.42. The van der Waals surface area contributed by atoms with Crippen molar-refractivity contribution in [3.8, 4) is 11.3 Å². The van der Waals surface area contributed by atoms with E-state index in [0.29, 0.717) is 5.69 Å². The first-order valence-electron chi connectivity index (χ1n) is 9.43. The normalized spacial score (nSPS) is 15.6. The lowest BCUT2D eigenvalue weighted by Crippen LogP contribution is -2.29. The van der Waals surface area contributed by atoms with Crippen molar-refractivity contribution in [2.75, 3.05) is 4.90 Å². The molecule has 1 aliphatic heterocycles. The molecule has 1 aromatic heterocycles. The van der Waals surface area contributed by atoms with Crippen molar-refractivity contribution in [2.24, 2.45) is 0 Å². The molecule has 0 bridgehead atoms. The molecule has 1 aliphatic rings. The average Bonchev–Trinajstić information content (AvgIpc) is 3.29. The first kappa shape index (κ1) is 17.9. The number of rotatable bonds is 3. The summed E-state index contributed by atoms with van der Waals surface area (Å²) in [5, 5.41) is 7.54. The highest BCUT2D eigenvalue weighted by Crippen LogP contribution is 2.45. The van der Waals surface area contributed by atoms with Crippen LogP contribution < -0.4 is 4.90 Å². The van der Waals surface area contributed by atoms with Gasteiger partial charge in [-0.05, 0) is 36.8 Å². The Bertz CT molecular complexity index is 1180. The first-order chi connectivity index (χ1) is 14.1. The summed E-state index contributed by atoms with van der Waals surface area (Å²) in [5.74, 6) is -0.0648. The van der Waals surface area contributed by atoms with Gasteiger partial charge in [-0.2, -0.15) is 5.10 Å². The molecule has 0 aliphatic carbocycles. The van der Waals surface area contributed by atoms with Gasteiger partial charge in [0, 0.05) is 21.3 Å². The molecule has 0 spiro atoms. The summed E-state index contributed by atoms with van der Waals surface area (Å²) in [6.45, 7) is 2.06. The van der Waals surface area contributed by atoms with Crippen LogP contribution in [0.2, 0.25) is 0 Å². The molecule has 0 radical (unpaired) electrons. The largest absolute Gasteiger partial charge is 0.295 e. The van der Waals surface area contributed by atoms with Crippen LogP contribution in [-0.4, -0.2) is 16.1 Å². The van der Waals surface area contributed by atoms with Gasteiger partial charge < -0.3 is 0 Å². The summed E-state index contributed by atoms with van der Waals surface area (Å²) < 4.78 is 1.00. The highest BCUT2D eigenvalue weighted by atomic mass is 79.9. The Morgan fingerprint density at radius 1 is 0.931 bits per heavy atom. The predicted octanol–water partition coefficient (Wildman–Crippen LogP) is 5.90. The van der Waals surface area contributed by atoms with E-state index in [9.17, 15) is 4.79 Å². The number of amides is 1. The molecule has 1 unspecified atom stereocenters. The Balaban J connectivity index is 1.72. The minimum atomic E-state index is -0.247. The number of hydrogen-bond donors (Lipinski definition) is 1. The number of nitrogens with zero attached hydrogens (tertiary/aromatic N) is 2. The van der Waals surface area contributed by atoms with Crippen LogP contribution in [0.5, 0.6) is 0 Å². The summed E-state index contributed by atoms with van der Waals surface area (Å²) in [7, 11) is 0. The quantitative estimate of drug-likeness (QED) is 0.428. The van der Waals surface area contributed by atoms with E-state index in [2.05, 4.69) is 69.4 Å². The van der Waals surface area contributed by atoms with Crippen LogP contribution in [-0.2, 0) is 0 Å². The molecule has 3 aromatic carbocycles. The third-order valence-electron chi connectivity index (χ3n) is 5.31. The van der Waals surface area contributed by atoms with Crippen molar-refractivity contribution in [2.45, 2.75) is 13.0 Å². The predicted molar refractivity (Wildman–Crippen MR) is 118 cm³/mol. The number of H-pyrrole nitrogens is 1. The Morgan fingerprint density at radius 2 is 1.62 bits per heavy atom. The zero-order valence-corrected chi connectivity index (χ0v) is 17.3. The monoisotopic (exact) mass is 443 g/mol. The molecule has 142 valence electrons. The minimum Gasteiger partial charge on any atom is -0.295 e. The van der Waals surface area contributed by atoms with Gasteiger partial charge in [0.2, 0.25) is 0 Å². The number of fused-ring (bicyclic) bond motifs is 1. The van der Waals surface area contributed by atoms with Crippen molar-refractivity contribution in [1.82, 2.24) is 10.2 Å². The topological polar surface area (TPSA) is 49.0 Å². The van der Waals surface area contributed by atoms with E-state index in [1.165, 1.54) is 5.56 Å². The molecular formula is C24H18BrN3O. The zero-order valence-electron chi connectivity index (χ0n) is 15.8. The molecule has 1 N–H and O–H groups in total. The fraction of sp³-hybridized carbons (Fsp3) is 0.0833. The Kier molecular flexibility index (Phi) is 4.32. The molecule has 1 atom stereocenters. The van der Waals surface area contributed by atoms with E-state index < -0.39 is 0 Å². The van der Waals surface area contributed by atoms with Crippen LogP contribution in [0.25, 0.3) is 11.3 Å². The van der Waals surface area contributed by atoms with Crippen LogP contribution in [0, 0.1) is 6.92 Å².